The number of benzene rings is 2. The number of ether oxygens (including phenoxy) is 1. The number of likely N-dealkylation sites (tertiary alicyclic amines) is 2. The van der Waals surface area contributed by atoms with Crippen molar-refractivity contribution in [3.63, 3.8) is 0 Å². The molecule has 5 aliphatic rings. The first-order chi connectivity index (χ1) is 23.2. The second-order valence-corrected chi connectivity index (χ2v) is 15.1. The van der Waals surface area contributed by atoms with E-state index in [-0.39, 0.29) is 49.1 Å². The van der Waals surface area contributed by atoms with Gasteiger partial charge in [-0.15, -0.1) is 0 Å². The van der Waals surface area contributed by atoms with Gasteiger partial charge in [-0.05, 0) is 68.2 Å². The van der Waals surface area contributed by atoms with E-state index in [2.05, 4.69) is 39.5 Å². The van der Waals surface area contributed by atoms with Crippen molar-refractivity contribution in [1.82, 2.24) is 23.9 Å². The lowest BCUT2D eigenvalue weighted by atomic mass is 9.96. The normalized spacial score (nSPS) is 26.6. The molecule has 0 radical (unpaired) electrons. The van der Waals surface area contributed by atoms with Crippen molar-refractivity contribution in [2.45, 2.75) is 76.0 Å². The second-order valence-electron chi connectivity index (χ2n) is 15.1. The molecular formula is C37H42F2N6O3. The predicted molar refractivity (Wildman–Crippen MR) is 178 cm³/mol. The average Bonchev–Trinajstić information content (AvgIpc) is 3.29. The zero-order valence-corrected chi connectivity index (χ0v) is 27.3. The van der Waals surface area contributed by atoms with Crippen molar-refractivity contribution in [3.05, 3.63) is 48.0 Å². The molecule has 9 nitrogen and oxygen atoms in total. The van der Waals surface area contributed by atoms with E-state index in [1.54, 1.807) is 12.0 Å². The highest BCUT2D eigenvalue weighted by molar-refractivity contribution is 6.00. The van der Waals surface area contributed by atoms with Crippen LogP contribution >= 0.6 is 0 Å². The van der Waals surface area contributed by atoms with Crippen LogP contribution in [-0.2, 0) is 17.9 Å². The fourth-order valence-corrected chi connectivity index (χ4v) is 9.02. The Morgan fingerprint density at radius 2 is 1.77 bits per heavy atom. The number of rotatable bonds is 8. The summed E-state index contributed by atoms with van der Waals surface area (Å²) in [6.07, 6.45) is 4.11. The molecule has 11 heteroatoms. The van der Waals surface area contributed by atoms with Crippen molar-refractivity contribution < 1.29 is 23.1 Å². The highest BCUT2D eigenvalue weighted by atomic mass is 19.3. The molecule has 0 spiro atoms. The summed E-state index contributed by atoms with van der Waals surface area (Å²) in [6, 6.07) is 14.4. The molecule has 9 rings (SSSR count). The number of hydrogen-bond acceptors (Lipinski definition) is 5. The van der Waals surface area contributed by atoms with Crippen LogP contribution in [0, 0.1) is 23.7 Å². The number of nitrogens with zero attached hydrogens (tertiary/aromatic N) is 5. The van der Waals surface area contributed by atoms with Crippen LogP contribution < -0.4 is 10.5 Å². The summed E-state index contributed by atoms with van der Waals surface area (Å²) < 4.78 is 38.3. The molecule has 5 fully saturated rings. The lowest BCUT2D eigenvalue weighted by Gasteiger charge is -2.41. The topological polar surface area (TPSA) is 98.6 Å². The zero-order chi connectivity index (χ0) is 32.9. The van der Waals surface area contributed by atoms with Gasteiger partial charge in [0.05, 0.1) is 18.3 Å². The fraction of sp³-hybridized carbons (Fsp3) is 0.541. The van der Waals surface area contributed by atoms with Gasteiger partial charge in [-0.25, -0.2) is 13.8 Å². The van der Waals surface area contributed by atoms with Gasteiger partial charge in [0.1, 0.15) is 11.3 Å². The average molecular weight is 657 g/mol. The number of carbonyl (C=O) groups excluding carboxylic acids is 2. The van der Waals surface area contributed by atoms with E-state index in [1.807, 2.05) is 17.0 Å². The minimum atomic E-state index is -2.74. The van der Waals surface area contributed by atoms with Crippen molar-refractivity contribution in [2.24, 2.45) is 29.4 Å². The molecule has 2 N–H and O–H groups in total. The third-order valence-corrected chi connectivity index (χ3v) is 11.8. The molecule has 2 bridgehead atoms. The number of methoxy groups -OCH3 is 1. The molecule has 2 amide bonds. The third kappa shape index (κ3) is 4.91. The number of imidazole rings is 1. The predicted octanol–water partition coefficient (Wildman–Crippen LogP) is 5.53. The second kappa shape index (κ2) is 11.0. The lowest BCUT2D eigenvalue weighted by Crippen LogP contribution is -2.53. The Balaban J connectivity index is 1.10. The third-order valence-electron chi connectivity index (χ3n) is 11.8. The van der Waals surface area contributed by atoms with Crippen molar-refractivity contribution in [3.8, 4) is 17.3 Å². The molecule has 3 aliphatic carbocycles. The highest BCUT2D eigenvalue weighted by Crippen LogP contribution is 2.43. The smallest absolute Gasteiger partial charge is 0.254 e. The quantitative estimate of drug-likeness (QED) is 0.269. The van der Waals surface area contributed by atoms with Crippen LogP contribution in [0.3, 0.4) is 0 Å². The van der Waals surface area contributed by atoms with Gasteiger partial charge >= 0.3 is 0 Å². The summed E-state index contributed by atoms with van der Waals surface area (Å²) in [5.41, 5.74) is 10.7. The minimum Gasteiger partial charge on any atom is -0.494 e. The van der Waals surface area contributed by atoms with E-state index in [4.69, 9.17) is 15.5 Å². The minimum absolute atomic E-state index is 0.0258. The SMILES string of the molecule is COc1cc(C(=O)N2CC3CCC2[C@@H]3N)cc2nc(-c3cc4ccccc4n3CC3CC3)n(CC3CN(C(=O)C4CCC(F)(F)C4)C3)c12. The monoisotopic (exact) mass is 656 g/mol. The zero-order valence-electron chi connectivity index (χ0n) is 27.3. The maximum atomic E-state index is 13.9. The Morgan fingerprint density at radius 1 is 0.979 bits per heavy atom. The van der Waals surface area contributed by atoms with Crippen LogP contribution in [0.2, 0.25) is 0 Å². The molecular weight excluding hydrogens is 614 g/mol. The van der Waals surface area contributed by atoms with Crippen LogP contribution in [0.1, 0.15) is 55.3 Å². The summed E-state index contributed by atoms with van der Waals surface area (Å²) in [7, 11) is 1.62. The van der Waals surface area contributed by atoms with E-state index in [9.17, 15) is 18.4 Å². The summed E-state index contributed by atoms with van der Waals surface area (Å²) in [6.45, 7) is 3.20. The summed E-state index contributed by atoms with van der Waals surface area (Å²) in [5.74, 6) is -1.05. The number of nitrogens with two attached hydrogens (primary N) is 1. The van der Waals surface area contributed by atoms with Gasteiger partial charge in [0, 0.05) is 86.0 Å². The number of fused-ring (bicyclic) bond motifs is 4. The van der Waals surface area contributed by atoms with Gasteiger partial charge in [0.15, 0.2) is 5.82 Å². The molecule has 2 aromatic heterocycles. The van der Waals surface area contributed by atoms with Crippen molar-refractivity contribution in [1.29, 1.82) is 0 Å². The maximum absolute atomic E-state index is 13.9. The molecule has 2 aromatic carbocycles. The first-order valence-corrected chi connectivity index (χ1v) is 17.6. The number of amides is 2. The Labute approximate surface area is 278 Å². The molecule has 48 heavy (non-hydrogen) atoms. The van der Waals surface area contributed by atoms with E-state index < -0.39 is 11.8 Å². The molecule has 252 valence electrons. The molecule has 3 saturated carbocycles. The van der Waals surface area contributed by atoms with Crippen molar-refractivity contribution >= 4 is 33.8 Å². The maximum Gasteiger partial charge on any atom is 0.254 e. The number of alkyl halides is 2. The Bertz CT molecular complexity index is 1940. The summed E-state index contributed by atoms with van der Waals surface area (Å²) in [4.78, 5) is 36.0. The highest BCUT2D eigenvalue weighted by Gasteiger charge is 2.48. The van der Waals surface area contributed by atoms with Crippen molar-refractivity contribution in [2.75, 3.05) is 26.7 Å². The molecule has 2 aliphatic heterocycles. The first kappa shape index (κ1) is 30.1. The van der Waals surface area contributed by atoms with E-state index in [0.29, 0.717) is 54.8 Å². The van der Waals surface area contributed by atoms with Gasteiger partial charge in [-0.2, -0.15) is 0 Å². The first-order valence-electron chi connectivity index (χ1n) is 17.6. The number of aromatic nitrogens is 3. The van der Waals surface area contributed by atoms with Gasteiger partial charge < -0.3 is 29.4 Å². The summed E-state index contributed by atoms with van der Waals surface area (Å²) in [5, 5.41) is 1.14. The molecule has 4 heterocycles. The van der Waals surface area contributed by atoms with Crippen LogP contribution in [0.25, 0.3) is 33.5 Å². The molecule has 4 aromatic rings. The fourth-order valence-electron chi connectivity index (χ4n) is 9.02. The Kier molecular flexibility index (Phi) is 6.91. The Hall–Kier alpha value is -3.99. The largest absolute Gasteiger partial charge is 0.494 e. The van der Waals surface area contributed by atoms with Gasteiger partial charge in [0.2, 0.25) is 11.8 Å². The van der Waals surface area contributed by atoms with E-state index in [1.165, 1.54) is 12.8 Å². The Morgan fingerprint density at radius 3 is 2.46 bits per heavy atom. The number of halogens is 2. The van der Waals surface area contributed by atoms with Gasteiger partial charge in [-0.1, -0.05) is 18.2 Å². The van der Waals surface area contributed by atoms with Gasteiger partial charge in [-0.3, -0.25) is 9.59 Å². The standard InChI is InChI=1S/C37H42F2N6O3/c1-48-31-14-26(36(47)44-20-25-8-9-29(44)32(25)40)12-27-33(31)45(19-22-16-42(17-22)35(46)24-10-11-37(38,39)15-24)34(41-27)30-13-23-4-2-3-5-28(23)43(30)18-21-6-7-21/h2-5,12-14,21-22,24-25,29,32H,6-11,15-20,40H2,1H3/t24?,25?,29?,32-/m1/s1. The molecule has 4 atom stereocenters. The number of carbonyl (C=O) groups is 2. The van der Waals surface area contributed by atoms with Crippen LogP contribution in [-0.4, -0.2) is 80.5 Å². The van der Waals surface area contributed by atoms with E-state index in [0.717, 1.165) is 47.3 Å². The summed E-state index contributed by atoms with van der Waals surface area (Å²) >= 11 is 0. The number of para-hydroxylation sites is 1. The number of hydrogen-bond donors (Lipinski definition) is 1. The molecule has 3 unspecified atom stereocenters. The number of piperidine rings is 1. The molecule has 2 saturated heterocycles. The van der Waals surface area contributed by atoms with Gasteiger partial charge in [0.25, 0.3) is 5.91 Å². The van der Waals surface area contributed by atoms with E-state index >= 15 is 0 Å². The lowest BCUT2D eigenvalue weighted by molar-refractivity contribution is -0.143. The van der Waals surface area contributed by atoms with Crippen LogP contribution in [0.5, 0.6) is 5.75 Å². The van der Waals surface area contributed by atoms with Crippen LogP contribution in [0.15, 0.2) is 42.5 Å². The van der Waals surface area contributed by atoms with Crippen LogP contribution in [0.4, 0.5) is 8.78 Å².